The van der Waals surface area contributed by atoms with Crippen LogP contribution in [-0.4, -0.2) is 79.0 Å². The van der Waals surface area contributed by atoms with Gasteiger partial charge in [0.05, 0.1) is 6.04 Å². The molecule has 0 radical (unpaired) electrons. The molecule has 2 fully saturated rings. The topological polar surface area (TPSA) is 9.72 Å². The minimum absolute atomic E-state index is 0.00284. The lowest BCUT2D eigenvalue weighted by Crippen LogP contribution is -2.63. The molecule has 2 aliphatic rings. The first kappa shape index (κ1) is 16.1. The molecule has 20 heavy (non-hydrogen) atoms. The molecule has 1 heterocycles. The predicted molar refractivity (Wildman–Crippen MR) is 78.3 cm³/mol. The summed E-state index contributed by atoms with van der Waals surface area (Å²) in [6.07, 6.45) is 1.59. The second kappa shape index (κ2) is 6.24. The maximum absolute atomic E-state index is 14.3. The zero-order valence-corrected chi connectivity index (χ0v) is 13.3. The van der Waals surface area contributed by atoms with Crippen LogP contribution in [0, 0.1) is 0 Å². The maximum atomic E-state index is 14.3. The fourth-order valence-electron chi connectivity index (χ4n) is 3.82. The van der Waals surface area contributed by atoms with Crippen molar-refractivity contribution in [1.82, 2.24) is 14.7 Å². The van der Waals surface area contributed by atoms with Crippen molar-refractivity contribution in [1.29, 1.82) is 0 Å². The zero-order chi connectivity index (χ0) is 14.9. The van der Waals surface area contributed by atoms with Gasteiger partial charge in [-0.2, -0.15) is 0 Å². The second-order valence-corrected chi connectivity index (χ2v) is 6.79. The van der Waals surface area contributed by atoms with Gasteiger partial charge in [-0.15, -0.1) is 0 Å². The largest absolute Gasteiger partial charge is 0.300 e. The highest BCUT2D eigenvalue weighted by atomic mass is 19.3. The van der Waals surface area contributed by atoms with E-state index in [1.165, 1.54) is 0 Å². The third-order valence-corrected chi connectivity index (χ3v) is 4.91. The fraction of sp³-hybridized carbons (Fsp3) is 1.00. The van der Waals surface area contributed by atoms with Crippen molar-refractivity contribution >= 4 is 0 Å². The SMILES string of the molecule is CC(C)N1CCN([C@H]2CCCC(F)(F)[C@@H]2N(C)C)CC1. The van der Waals surface area contributed by atoms with Gasteiger partial charge in [-0.05, 0) is 40.8 Å². The molecule has 1 saturated heterocycles. The molecule has 0 spiro atoms. The number of alkyl halides is 2. The Balaban J connectivity index is 2.03. The van der Waals surface area contributed by atoms with E-state index in [1.54, 1.807) is 19.0 Å². The van der Waals surface area contributed by atoms with E-state index >= 15 is 0 Å². The fourth-order valence-corrected chi connectivity index (χ4v) is 3.82. The van der Waals surface area contributed by atoms with E-state index in [4.69, 9.17) is 0 Å². The van der Waals surface area contributed by atoms with Crippen LogP contribution in [0.25, 0.3) is 0 Å². The predicted octanol–water partition coefficient (Wildman–Crippen LogP) is 2.13. The Kier molecular flexibility index (Phi) is 5.03. The van der Waals surface area contributed by atoms with Crippen LogP contribution in [0.4, 0.5) is 8.78 Å². The van der Waals surface area contributed by atoms with Gasteiger partial charge in [0.2, 0.25) is 0 Å². The number of piperazine rings is 1. The van der Waals surface area contributed by atoms with Crippen molar-refractivity contribution in [3.8, 4) is 0 Å². The zero-order valence-electron chi connectivity index (χ0n) is 13.3. The first-order valence-corrected chi connectivity index (χ1v) is 7.85. The summed E-state index contributed by atoms with van der Waals surface area (Å²) in [4.78, 5) is 6.47. The van der Waals surface area contributed by atoms with Crippen LogP contribution < -0.4 is 0 Å². The summed E-state index contributed by atoms with van der Waals surface area (Å²) in [5, 5.41) is 0. The van der Waals surface area contributed by atoms with E-state index in [0.29, 0.717) is 12.5 Å². The molecule has 2 rings (SSSR count). The molecule has 1 saturated carbocycles. The molecule has 0 aromatic carbocycles. The standard InChI is InChI=1S/C15H29F2N3/c1-12(2)19-8-10-20(11-9-19)13-6-5-7-15(16,17)14(13)18(3)4/h12-14H,5-11H2,1-4H3/t13-,14+/m0/s1. The van der Waals surface area contributed by atoms with Gasteiger partial charge in [-0.25, -0.2) is 8.78 Å². The lowest BCUT2D eigenvalue weighted by Gasteiger charge is -2.49. The van der Waals surface area contributed by atoms with E-state index in [0.717, 1.165) is 32.6 Å². The minimum Gasteiger partial charge on any atom is -0.300 e. The van der Waals surface area contributed by atoms with Crippen LogP contribution in [0.1, 0.15) is 33.1 Å². The van der Waals surface area contributed by atoms with Crippen molar-refractivity contribution in [2.75, 3.05) is 40.3 Å². The van der Waals surface area contributed by atoms with E-state index in [1.807, 2.05) is 0 Å². The Morgan fingerprint density at radius 1 is 1.10 bits per heavy atom. The van der Waals surface area contributed by atoms with Crippen LogP contribution in [0.2, 0.25) is 0 Å². The van der Waals surface area contributed by atoms with Gasteiger partial charge in [0, 0.05) is 44.7 Å². The van der Waals surface area contributed by atoms with Crippen molar-refractivity contribution in [3.63, 3.8) is 0 Å². The van der Waals surface area contributed by atoms with Gasteiger partial charge in [-0.3, -0.25) is 14.7 Å². The molecule has 0 aromatic heterocycles. The van der Waals surface area contributed by atoms with E-state index in [2.05, 4.69) is 23.6 Å². The number of likely N-dealkylation sites (N-methyl/N-ethyl adjacent to an activating group) is 1. The molecule has 5 heteroatoms. The van der Waals surface area contributed by atoms with Crippen LogP contribution in [-0.2, 0) is 0 Å². The van der Waals surface area contributed by atoms with Crippen LogP contribution in [0.5, 0.6) is 0 Å². The monoisotopic (exact) mass is 289 g/mol. The van der Waals surface area contributed by atoms with Gasteiger partial charge in [0.25, 0.3) is 5.92 Å². The summed E-state index contributed by atoms with van der Waals surface area (Å²) in [5.41, 5.74) is 0. The Labute approximate surface area is 121 Å². The summed E-state index contributed by atoms with van der Waals surface area (Å²) in [7, 11) is 3.59. The average molecular weight is 289 g/mol. The van der Waals surface area contributed by atoms with Gasteiger partial charge >= 0.3 is 0 Å². The van der Waals surface area contributed by atoms with Crippen LogP contribution in [0.3, 0.4) is 0 Å². The normalized spacial score (nSPS) is 33.0. The molecule has 0 amide bonds. The third-order valence-electron chi connectivity index (χ3n) is 4.91. The number of rotatable bonds is 3. The third kappa shape index (κ3) is 3.31. The molecule has 0 N–H and O–H groups in total. The molecule has 0 unspecified atom stereocenters. The molecule has 118 valence electrons. The number of hydrogen-bond acceptors (Lipinski definition) is 3. The summed E-state index contributed by atoms with van der Waals surface area (Å²) in [5.74, 6) is -2.55. The van der Waals surface area contributed by atoms with Gasteiger partial charge < -0.3 is 0 Å². The first-order chi connectivity index (χ1) is 9.33. The van der Waals surface area contributed by atoms with Crippen LogP contribution in [0.15, 0.2) is 0 Å². The van der Waals surface area contributed by atoms with Gasteiger partial charge in [0.1, 0.15) is 0 Å². The Bertz CT molecular complexity index is 312. The maximum Gasteiger partial charge on any atom is 0.264 e. The van der Waals surface area contributed by atoms with Crippen molar-refractivity contribution in [2.24, 2.45) is 0 Å². The minimum atomic E-state index is -2.55. The van der Waals surface area contributed by atoms with E-state index in [9.17, 15) is 8.78 Å². The quantitative estimate of drug-likeness (QED) is 0.788. The smallest absolute Gasteiger partial charge is 0.264 e. The lowest BCUT2D eigenvalue weighted by atomic mass is 9.85. The highest BCUT2D eigenvalue weighted by Crippen LogP contribution is 2.38. The van der Waals surface area contributed by atoms with Gasteiger partial charge in [-0.1, -0.05) is 0 Å². The summed E-state index contributed by atoms with van der Waals surface area (Å²) < 4.78 is 28.5. The first-order valence-electron chi connectivity index (χ1n) is 7.85. The lowest BCUT2D eigenvalue weighted by molar-refractivity contribution is -0.130. The molecule has 0 bridgehead atoms. The van der Waals surface area contributed by atoms with Crippen molar-refractivity contribution < 1.29 is 8.78 Å². The van der Waals surface area contributed by atoms with Crippen LogP contribution >= 0.6 is 0 Å². The molecule has 3 nitrogen and oxygen atoms in total. The number of hydrogen-bond donors (Lipinski definition) is 0. The molecule has 2 atom stereocenters. The molecule has 0 aromatic rings. The Morgan fingerprint density at radius 3 is 2.20 bits per heavy atom. The van der Waals surface area contributed by atoms with E-state index < -0.39 is 12.0 Å². The number of halogens is 2. The van der Waals surface area contributed by atoms with Crippen molar-refractivity contribution in [2.45, 2.75) is 57.2 Å². The summed E-state index contributed by atoms with van der Waals surface area (Å²) >= 11 is 0. The second-order valence-electron chi connectivity index (χ2n) is 6.79. The summed E-state index contributed by atoms with van der Waals surface area (Å²) in [6.45, 7) is 8.24. The molecular formula is C15H29F2N3. The Morgan fingerprint density at radius 2 is 1.70 bits per heavy atom. The van der Waals surface area contributed by atoms with Gasteiger partial charge in [0.15, 0.2) is 0 Å². The Hall–Kier alpha value is -0.260. The highest BCUT2D eigenvalue weighted by molar-refractivity contribution is 4.99. The van der Waals surface area contributed by atoms with Crippen molar-refractivity contribution in [3.05, 3.63) is 0 Å². The molecule has 1 aliphatic heterocycles. The summed E-state index contributed by atoms with van der Waals surface area (Å²) in [6, 6.07) is -0.0838. The van der Waals surface area contributed by atoms with E-state index in [-0.39, 0.29) is 12.5 Å². The molecular weight excluding hydrogens is 260 g/mol. The average Bonchev–Trinajstić information content (AvgIpc) is 2.36. The number of nitrogens with zero attached hydrogens (tertiary/aromatic N) is 3. The molecule has 1 aliphatic carbocycles. The highest BCUT2D eigenvalue weighted by Gasteiger charge is 2.50.